The number of hydrogen-bond acceptors (Lipinski definition) is 4. The molecule has 1 fully saturated rings. The molecule has 1 aromatic carbocycles. The summed E-state index contributed by atoms with van der Waals surface area (Å²) in [5, 5.41) is 6.12. The number of benzene rings is 1. The van der Waals surface area contributed by atoms with Crippen LogP contribution in [-0.2, 0) is 4.79 Å². The molecule has 2 rings (SSSR count). The molecule has 104 valence electrons. The molecule has 5 nitrogen and oxygen atoms in total. The maximum Gasteiger partial charge on any atom is 0.241 e. The lowest BCUT2D eigenvalue weighted by molar-refractivity contribution is -0.117. The molecular weight excluding hydrogens is 244 g/mol. The van der Waals surface area contributed by atoms with Crippen molar-refractivity contribution in [2.75, 3.05) is 26.1 Å². The Hall–Kier alpha value is -1.75. The van der Waals surface area contributed by atoms with E-state index in [4.69, 9.17) is 9.47 Å². The van der Waals surface area contributed by atoms with Crippen LogP contribution in [0.1, 0.15) is 18.4 Å². The number of amides is 1. The molecule has 1 saturated heterocycles. The average Bonchev–Trinajstić information content (AvgIpc) is 2.94. The molecule has 0 bridgehead atoms. The van der Waals surface area contributed by atoms with Crippen LogP contribution in [0.25, 0.3) is 0 Å². The minimum atomic E-state index is -0.0903. The number of ether oxygens (including phenoxy) is 2. The van der Waals surface area contributed by atoms with E-state index in [0.717, 1.165) is 30.6 Å². The fourth-order valence-corrected chi connectivity index (χ4v) is 2.24. The van der Waals surface area contributed by atoms with Crippen LogP contribution in [-0.4, -0.2) is 32.7 Å². The first-order valence-electron chi connectivity index (χ1n) is 6.42. The third kappa shape index (κ3) is 2.98. The minimum absolute atomic E-state index is 0.00724. The minimum Gasteiger partial charge on any atom is -0.493 e. The van der Waals surface area contributed by atoms with E-state index in [1.54, 1.807) is 20.3 Å². The van der Waals surface area contributed by atoms with E-state index >= 15 is 0 Å². The third-order valence-corrected chi connectivity index (χ3v) is 3.37. The predicted molar refractivity (Wildman–Crippen MR) is 73.9 cm³/mol. The number of hydrogen-bond donors (Lipinski definition) is 2. The van der Waals surface area contributed by atoms with Crippen molar-refractivity contribution < 1.29 is 14.3 Å². The topological polar surface area (TPSA) is 59.6 Å². The van der Waals surface area contributed by atoms with Gasteiger partial charge < -0.3 is 20.1 Å². The van der Waals surface area contributed by atoms with Crippen LogP contribution >= 0.6 is 0 Å². The van der Waals surface area contributed by atoms with Gasteiger partial charge in [-0.1, -0.05) is 0 Å². The lowest BCUT2D eigenvalue weighted by Crippen LogP contribution is -2.35. The van der Waals surface area contributed by atoms with Crippen molar-refractivity contribution in [3.8, 4) is 11.5 Å². The summed E-state index contributed by atoms with van der Waals surface area (Å²) in [6.45, 7) is 2.84. The van der Waals surface area contributed by atoms with Gasteiger partial charge in [0.15, 0.2) is 11.5 Å². The number of carbonyl (C=O) groups is 1. The van der Waals surface area contributed by atoms with Crippen LogP contribution in [0.5, 0.6) is 11.5 Å². The second-order valence-corrected chi connectivity index (χ2v) is 4.66. The standard InChI is InChI=1S/C14H20N2O3/c1-9-7-12(18-2)13(19-3)8-11(9)16-14(17)10-5-4-6-15-10/h7-8,10,15H,4-6H2,1-3H3,(H,16,17)/t10-/m1/s1. The van der Waals surface area contributed by atoms with E-state index in [1.807, 2.05) is 13.0 Å². The molecule has 5 heteroatoms. The highest BCUT2D eigenvalue weighted by molar-refractivity contribution is 5.96. The van der Waals surface area contributed by atoms with E-state index in [0.29, 0.717) is 11.5 Å². The summed E-state index contributed by atoms with van der Waals surface area (Å²) in [6, 6.07) is 3.56. The zero-order valence-electron chi connectivity index (χ0n) is 11.6. The number of methoxy groups -OCH3 is 2. The van der Waals surface area contributed by atoms with Gasteiger partial charge in [0.2, 0.25) is 5.91 Å². The molecule has 0 aliphatic carbocycles. The quantitative estimate of drug-likeness (QED) is 0.869. The Morgan fingerprint density at radius 1 is 1.32 bits per heavy atom. The van der Waals surface area contributed by atoms with Crippen LogP contribution in [0, 0.1) is 6.92 Å². The van der Waals surface area contributed by atoms with E-state index in [1.165, 1.54) is 0 Å². The SMILES string of the molecule is COc1cc(C)c(NC(=O)[C@H]2CCCN2)cc1OC. The molecule has 0 saturated carbocycles. The zero-order valence-corrected chi connectivity index (χ0v) is 11.6. The van der Waals surface area contributed by atoms with Gasteiger partial charge in [0.05, 0.1) is 20.3 Å². The van der Waals surface area contributed by atoms with Gasteiger partial charge in [-0.3, -0.25) is 4.79 Å². The largest absolute Gasteiger partial charge is 0.493 e. The van der Waals surface area contributed by atoms with Gasteiger partial charge >= 0.3 is 0 Å². The second-order valence-electron chi connectivity index (χ2n) is 4.66. The number of aryl methyl sites for hydroxylation is 1. The number of nitrogens with one attached hydrogen (secondary N) is 2. The summed E-state index contributed by atoms with van der Waals surface area (Å²) in [5.74, 6) is 1.28. The van der Waals surface area contributed by atoms with Gasteiger partial charge in [-0.25, -0.2) is 0 Å². The molecule has 1 aliphatic rings. The molecule has 1 atom stereocenters. The molecule has 0 unspecified atom stereocenters. The highest BCUT2D eigenvalue weighted by atomic mass is 16.5. The lowest BCUT2D eigenvalue weighted by Gasteiger charge is -2.15. The smallest absolute Gasteiger partial charge is 0.241 e. The van der Waals surface area contributed by atoms with Crippen LogP contribution in [0.4, 0.5) is 5.69 Å². The average molecular weight is 264 g/mol. The molecule has 1 heterocycles. The molecule has 1 amide bonds. The van der Waals surface area contributed by atoms with Crippen molar-refractivity contribution in [3.05, 3.63) is 17.7 Å². The molecule has 1 aromatic rings. The van der Waals surface area contributed by atoms with Crippen molar-refractivity contribution >= 4 is 11.6 Å². The van der Waals surface area contributed by atoms with Gasteiger partial charge in [-0.05, 0) is 37.9 Å². The van der Waals surface area contributed by atoms with Gasteiger partial charge in [0.1, 0.15) is 0 Å². The Balaban J connectivity index is 2.17. The normalized spacial score (nSPS) is 18.2. The van der Waals surface area contributed by atoms with Crippen molar-refractivity contribution in [2.45, 2.75) is 25.8 Å². The van der Waals surface area contributed by atoms with Crippen molar-refractivity contribution in [1.82, 2.24) is 5.32 Å². The van der Waals surface area contributed by atoms with E-state index in [2.05, 4.69) is 10.6 Å². The molecule has 19 heavy (non-hydrogen) atoms. The number of carbonyl (C=O) groups excluding carboxylic acids is 1. The summed E-state index contributed by atoms with van der Waals surface area (Å²) in [5.41, 5.74) is 1.71. The van der Waals surface area contributed by atoms with Crippen LogP contribution in [0.3, 0.4) is 0 Å². The number of rotatable bonds is 4. The highest BCUT2D eigenvalue weighted by Crippen LogP contribution is 2.33. The van der Waals surface area contributed by atoms with E-state index in [9.17, 15) is 4.79 Å². The van der Waals surface area contributed by atoms with Gasteiger partial charge in [0, 0.05) is 11.8 Å². The molecule has 0 radical (unpaired) electrons. The molecule has 1 aliphatic heterocycles. The summed E-state index contributed by atoms with van der Waals surface area (Å²) in [7, 11) is 3.18. The zero-order chi connectivity index (χ0) is 13.8. The van der Waals surface area contributed by atoms with E-state index in [-0.39, 0.29) is 11.9 Å². The first-order chi connectivity index (χ1) is 9.15. The van der Waals surface area contributed by atoms with Crippen molar-refractivity contribution in [2.24, 2.45) is 0 Å². The van der Waals surface area contributed by atoms with Gasteiger partial charge in [-0.2, -0.15) is 0 Å². The van der Waals surface area contributed by atoms with Crippen molar-refractivity contribution in [3.63, 3.8) is 0 Å². The third-order valence-electron chi connectivity index (χ3n) is 3.37. The predicted octanol–water partition coefficient (Wildman–Crippen LogP) is 1.70. The Labute approximate surface area is 113 Å². The number of anilines is 1. The Kier molecular flexibility index (Phi) is 4.27. The molecule has 0 aromatic heterocycles. The molecule has 0 spiro atoms. The first kappa shape index (κ1) is 13.7. The van der Waals surface area contributed by atoms with Gasteiger partial charge in [0.25, 0.3) is 0 Å². The Morgan fingerprint density at radius 3 is 2.58 bits per heavy atom. The summed E-state index contributed by atoms with van der Waals surface area (Å²) >= 11 is 0. The van der Waals surface area contributed by atoms with Crippen LogP contribution in [0.2, 0.25) is 0 Å². The Bertz CT molecular complexity index is 468. The van der Waals surface area contributed by atoms with Crippen LogP contribution < -0.4 is 20.1 Å². The Morgan fingerprint density at radius 2 is 2.00 bits per heavy atom. The molecule has 2 N–H and O–H groups in total. The van der Waals surface area contributed by atoms with Gasteiger partial charge in [-0.15, -0.1) is 0 Å². The maximum absolute atomic E-state index is 12.1. The van der Waals surface area contributed by atoms with Crippen molar-refractivity contribution in [1.29, 1.82) is 0 Å². The fourth-order valence-electron chi connectivity index (χ4n) is 2.24. The first-order valence-corrected chi connectivity index (χ1v) is 6.42. The maximum atomic E-state index is 12.1. The molecular formula is C14H20N2O3. The highest BCUT2D eigenvalue weighted by Gasteiger charge is 2.22. The lowest BCUT2D eigenvalue weighted by atomic mass is 10.1. The monoisotopic (exact) mass is 264 g/mol. The van der Waals surface area contributed by atoms with E-state index < -0.39 is 0 Å². The summed E-state index contributed by atoms with van der Waals surface area (Å²) < 4.78 is 10.5. The summed E-state index contributed by atoms with van der Waals surface area (Å²) in [4.78, 5) is 12.1. The fraction of sp³-hybridized carbons (Fsp3) is 0.500. The second kappa shape index (κ2) is 5.93. The van der Waals surface area contributed by atoms with Crippen LogP contribution in [0.15, 0.2) is 12.1 Å². The summed E-state index contributed by atoms with van der Waals surface area (Å²) in [6.07, 6.45) is 1.93.